The van der Waals surface area contributed by atoms with Gasteiger partial charge in [0.2, 0.25) is 5.95 Å². The van der Waals surface area contributed by atoms with Gasteiger partial charge < -0.3 is 35.1 Å². The fourth-order valence-electron chi connectivity index (χ4n) is 5.47. The molecule has 1 aliphatic carbocycles. The summed E-state index contributed by atoms with van der Waals surface area (Å²) < 4.78 is 61.8. The van der Waals surface area contributed by atoms with Gasteiger partial charge in [-0.05, 0) is 75.1 Å². The van der Waals surface area contributed by atoms with Crippen molar-refractivity contribution in [2.75, 3.05) is 20.3 Å². The Kier molecular flexibility index (Phi) is 7.63. The number of halogens is 3. The quantitative estimate of drug-likeness (QED) is 0.211. The van der Waals surface area contributed by atoms with E-state index in [4.69, 9.17) is 15.2 Å². The fraction of sp³-hybridized carbons (Fsp3) is 0.312. The van der Waals surface area contributed by atoms with E-state index >= 15 is 0 Å². The van der Waals surface area contributed by atoms with E-state index in [2.05, 4.69) is 24.8 Å². The SMILES string of the molecule is CCOc1c(C(N)=O)cc([C@@](O)(CNC(=O)c2cc(OC)c3nc(F)c(C)cc3c2)C2CC2)nc1-c1ccc2c(c1)OC(F)(F)O2. The lowest BCUT2D eigenvalue weighted by Crippen LogP contribution is -2.43. The molecular formula is C32H29F3N4O7. The highest BCUT2D eigenvalue weighted by Crippen LogP contribution is 2.48. The third-order valence-corrected chi connectivity index (χ3v) is 7.91. The minimum atomic E-state index is -3.86. The van der Waals surface area contributed by atoms with Crippen LogP contribution in [0.3, 0.4) is 0 Å². The third-order valence-electron chi connectivity index (χ3n) is 7.91. The Morgan fingerprint density at radius 3 is 2.54 bits per heavy atom. The number of alkyl halides is 2. The largest absolute Gasteiger partial charge is 0.586 e. The molecule has 2 aliphatic rings. The standard InChI is InChI=1S/C32H29F3N4O7/c1-4-44-27-20(29(36)40)13-24(38-26(27)16-5-8-21-22(11-16)46-32(34,35)45-21)31(42,19-6-7-19)14-37-30(41)18-10-17-9-15(2)28(33)39-25(17)23(12-18)43-3/h5,8-13,19,42H,4,6-7,14H2,1-3H3,(H2,36,40)(H,37,41)/t31-/m1/s1. The van der Waals surface area contributed by atoms with Gasteiger partial charge in [0.1, 0.15) is 22.6 Å². The zero-order chi connectivity index (χ0) is 33.0. The molecule has 1 atom stereocenters. The van der Waals surface area contributed by atoms with Crippen molar-refractivity contribution in [1.82, 2.24) is 15.3 Å². The van der Waals surface area contributed by atoms with Gasteiger partial charge in [0.25, 0.3) is 11.8 Å². The van der Waals surface area contributed by atoms with E-state index in [-0.39, 0.29) is 81.2 Å². The first-order valence-corrected chi connectivity index (χ1v) is 14.4. The van der Waals surface area contributed by atoms with Crippen molar-refractivity contribution in [2.24, 2.45) is 11.7 Å². The highest BCUT2D eigenvalue weighted by Gasteiger charge is 2.48. The molecule has 2 aromatic heterocycles. The normalized spacial score (nSPS) is 16.2. The van der Waals surface area contributed by atoms with Crippen LogP contribution in [-0.4, -0.2) is 53.4 Å². The Morgan fingerprint density at radius 1 is 1.13 bits per heavy atom. The molecule has 0 unspecified atom stereocenters. The topological polar surface area (TPSA) is 155 Å². The third kappa shape index (κ3) is 5.60. The van der Waals surface area contributed by atoms with Crippen molar-refractivity contribution in [2.45, 2.75) is 38.6 Å². The number of rotatable bonds is 10. The van der Waals surface area contributed by atoms with Crippen molar-refractivity contribution in [3.8, 4) is 34.3 Å². The highest BCUT2D eigenvalue weighted by atomic mass is 19.3. The lowest BCUT2D eigenvalue weighted by atomic mass is 9.90. The number of nitrogens with two attached hydrogens (primary N) is 1. The first-order valence-electron chi connectivity index (χ1n) is 14.4. The lowest BCUT2D eigenvalue weighted by Gasteiger charge is -2.29. The van der Waals surface area contributed by atoms with Crippen molar-refractivity contribution < 1.29 is 46.8 Å². The van der Waals surface area contributed by atoms with Gasteiger partial charge in [-0.3, -0.25) is 9.59 Å². The number of amides is 2. The zero-order valence-electron chi connectivity index (χ0n) is 24.9. The number of ether oxygens (including phenoxy) is 4. The summed E-state index contributed by atoms with van der Waals surface area (Å²) in [6, 6.07) is 9.74. The number of hydrogen-bond acceptors (Lipinski definition) is 9. The predicted octanol–water partition coefficient (Wildman–Crippen LogP) is 4.60. The van der Waals surface area contributed by atoms with Crippen LogP contribution in [0.1, 0.15) is 51.7 Å². The fourth-order valence-corrected chi connectivity index (χ4v) is 5.47. The summed E-state index contributed by atoms with van der Waals surface area (Å²) in [5.74, 6) is -2.75. The molecule has 6 rings (SSSR count). The van der Waals surface area contributed by atoms with Crippen LogP contribution in [0.4, 0.5) is 13.2 Å². The van der Waals surface area contributed by atoms with Crippen molar-refractivity contribution in [3.63, 3.8) is 0 Å². The molecule has 0 bridgehead atoms. The van der Waals surface area contributed by atoms with Crippen LogP contribution in [0.5, 0.6) is 23.0 Å². The molecule has 0 saturated heterocycles. The van der Waals surface area contributed by atoms with E-state index < -0.39 is 29.7 Å². The number of carbonyl (C=O) groups is 2. The molecule has 11 nitrogen and oxygen atoms in total. The molecule has 2 aromatic carbocycles. The molecule has 0 radical (unpaired) electrons. The zero-order valence-corrected chi connectivity index (χ0v) is 24.9. The van der Waals surface area contributed by atoms with Gasteiger partial charge in [-0.2, -0.15) is 4.39 Å². The second-order valence-corrected chi connectivity index (χ2v) is 11.1. The number of nitrogens with one attached hydrogen (secondary N) is 1. The summed E-state index contributed by atoms with van der Waals surface area (Å²) >= 11 is 0. The second-order valence-electron chi connectivity index (χ2n) is 11.1. The molecular weight excluding hydrogens is 609 g/mol. The summed E-state index contributed by atoms with van der Waals surface area (Å²) in [5, 5.41) is 15.3. The molecule has 3 heterocycles. The smallest absolute Gasteiger partial charge is 0.494 e. The molecule has 46 heavy (non-hydrogen) atoms. The number of fused-ring (bicyclic) bond motifs is 2. The summed E-state index contributed by atoms with van der Waals surface area (Å²) in [6.45, 7) is 3.02. The van der Waals surface area contributed by atoms with Gasteiger partial charge in [-0.15, -0.1) is 8.78 Å². The number of nitrogens with zero attached hydrogens (tertiary/aromatic N) is 2. The Morgan fingerprint density at radius 2 is 1.87 bits per heavy atom. The first kappa shape index (κ1) is 30.9. The van der Waals surface area contributed by atoms with Crippen LogP contribution >= 0.6 is 0 Å². The van der Waals surface area contributed by atoms with Crippen LogP contribution in [0.2, 0.25) is 0 Å². The van der Waals surface area contributed by atoms with Gasteiger partial charge in [0.15, 0.2) is 17.2 Å². The van der Waals surface area contributed by atoms with Crippen LogP contribution in [0.25, 0.3) is 22.2 Å². The lowest BCUT2D eigenvalue weighted by molar-refractivity contribution is -0.286. The van der Waals surface area contributed by atoms with Crippen LogP contribution in [-0.2, 0) is 5.60 Å². The molecule has 4 N–H and O–H groups in total. The Bertz CT molecular complexity index is 1900. The Hall–Kier alpha value is -5.11. The maximum absolute atomic E-state index is 14.1. The van der Waals surface area contributed by atoms with Crippen LogP contribution in [0.15, 0.2) is 42.5 Å². The number of aliphatic hydroxyl groups is 1. The summed E-state index contributed by atoms with van der Waals surface area (Å²) in [5.41, 5.74) is 4.82. The van der Waals surface area contributed by atoms with Gasteiger partial charge >= 0.3 is 6.29 Å². The monoisotopic (exact) mass is 638 g/mol. The summed E-state index contributed by atoms with van der Waals surface area (Å²) in [6.07, 6.45) is -2.66. The molecule has 1 aliphatic heterocycles. The molecule has 14 heteroatoms. The van der Waals surface area contributed by atoms with E-state index in [1.807, 2.05) is 0 Å². The minimum Gasteiger partial charge on any atom is -0.494 e. The van der Waals surface area contributed by atoms with Crippen molar-refractivity contribution in [1.29, 1.82) is 0 Å². The Balaban J connectivity index is 1.38. The van der Waals surface area contributed by atoms with Crippen LogP contribution < -0.4 is 30.0 Å². The number of carbonyl (C=O) groups excluding carboxylic acids is 2. The van der Waals surface area contributed by atoms with Gasteiger partial charge in [-0.1, -0.05) is 0 Å². The van der Waals surface area contributed by atoms with E-state index in [0.29, 0.717) is 18.2 Å². The maximum atomic E-state index is 14.1. The number of aromatic nitrogens is 2. The first-order chi connectivity index (χ1) is 21.8. The van der Waals surface area contributed by atoms with Crippen molar-refractivity contribution in [3.05, 3.63) is 70.8 Å². The molecule has 2 amide bonds. The highest BCUT2D eigenvalue weighted by molar-refractivity contribution is 6.00. The van der Waals surface area contributed by atoms with E-state index in [1.54, 1.807) is 19.9 Å². The number of benzene rings is 2. The summed E-state index contributed by atoms with van der Waals surface area (Å²) in [7, 11) is 1.37. The van der Waals surface area contributed by atoms with E-state index in [9.17, 15) is 27.9 Å². The molecule has 1 fully saturated rings. The van der Waals surface area contributed by atoms with E-state index in [0.717, 1.165) is 0 Å². The molecule has 0 spiro atoms. The molecule has 4 aromatic rings. The predicted molar refractivity (Wildman–Crippen MR) is 158 cm³/mol. The minimum absolute atomic E-state index is 0.0111. The van der Waals surface area contributed by atoms with Gasteiger partial charge in [0, 0.05) is 22.1 Å². The number of primary amides is 1. The van der Waals surface area contributed by atoms with E-state index in [1.165, 1.54) is 43.5 Å². The number of pyridine rings is 2. The average Bonchev–Trinajstić information content (AvgIpc) is 3.82. The van der Waals surface area contributed by atoms with Crippen molar-refractivity contribution >= 4 is 22.7 Å². The molecule has 240 valence electrons. The number of hydrogen-bond donors (Lipinski definition) is 3. The van der Waals surface area contributed by atoms with Crippen LogP contribution in [0, 0.1) is 18.8 Å². The van der Waals surface area contributed by atoms with Gasteiger partial charge in [0.05, 0.1) is 31.5 Å². The average molecular weight is 639 g/mol. The van der Waals surface area contributed by atoms with Gasteiger partial charge in [-0.25, -0.2) is 9.97 Å². The number of aryl methyl sites for hydroxylation is 1. The summed E-state index contributed by atoms with van der Waals surface area (Å²) in [4.78, 5) is 34.7. The Labute approximate surface area is 260 Å². The maximum Gasteiger partial charge on any atom is 0.586 e. The second kappa shape index (κ2) is 11.4. The molecule has 1 saturated carbocycles. The number of methoxy groups -OCH3 is 1.